The third-order valence-corrected chi connectivity index (χ3v) is 3.29. The Morgan fingerprint density at radius 1 is 1.43 bits per heavy atom. The van der Waals surface area contributed by atoms with Crippen LogP contribution in [0.2, 0.25) is 0 Å². The number of aliphatic hydroxyl groups is 1. The number of carbonyl (C=O) groups excluding carboxylic acids is 1. The molecule has 0 radical (unpaired) electrons. The van der Waals surface area contributed by atoms with Crippen LogP contribution in [0.15, 0.2) is 0 Å². The van der Waals surface area contributed by atoms with Crippen LogP contribution in [0.4, 0.5) is 0 Å². The molecule has 0 aliphatic carbocycles. The molecule has 0 saturated heterocycles. The SMILES string of the molecule is CCC(CC)NC(=O)C(C)SCCO. The van der Waals surface area contributed by atoms with Gasteiger partial charge in [-0.1, -0.05) is 13.8 Å². The molecule has 0 rings (SSSR count). The highest BCUT2D eigenvalue weighted by Crippen LogP contribution is 2.10. The molecule has 0 spiro atoms. The molecule has 0 aliphatic heterocycles. The van der Waals surface area contributed by atoms with Gasteiger partial charge in [-0.25, -0.2) is 0 Å². The van der Waals surface area contributed by atoms with Gasteiger partial charge in [-0.2, -0.15) is 0 Å². The van der Waals surface area contributed by atoms with E-state index >= 15 is 0 Å². The Morgan fingerprint density at radius 2 is 2.00 bits per heavy atom. The van der Waals surface area contributed by atoms with Crippen LogP contribution < -0.4 is 5.32 Å². The number of hydrogen-bond acceptors (Lipinski definition) is 3. The average molecular weight is 219 g/mol. The van der Waals surface area contributed by atoms with E-state index < -0.39 is 0 Å². The van der Waals surface area contributed by atoms with Crippen LogP contribution in [-0.4, -0.2) is 34.7 Å². The van der Waals surface area contributed by atoms with Gasteiger partial charge in [-0.15, -0.1) is 11.8 Å². The van der Waals surface area contributed by atoms with E-state index in [9.17, 15) is 4.79 Å². The number of nitrogens with one attached hydrogen (secondary N) is 1. The molecule has 14 heavy (non-hydrogen) atoms. The molecule has 0 aliphatic rings. The fourth-order valence-electron chi connectivity index (χ4n) is 1.12. The maximum atomic E-state index is 11.6. The molecular weight excluding hydrogens is 198 g/mol. The molecule has 2 N–H and O–H groups in total. The molecule has 3 nitrogen and oxygen atoms in total. The maximum Gasteiger partial charge on any atom is 0.233 e. The first-order valence-corrected chi connectivity index (χ1v) is 6.23. The van der Waals surface area contributed by atoms with E-state index in [1.54, 1.807) is 0 Å². The summed E-state index contributed by atoms with van der Waals surface area (Å²) in [7, 11) is 0. The molecule has 84 valence electrons. The van der Waals surface area contributed by atoms with Crippen molar-refractivity contribution in [2.24, 2.45) is 0 Å². The van der Waals surface area contributed by atoms with Crippen molar-refractivity contribution in [1.29, 1.82) is 0 Å². The van der Waals surface area contributed by atoms with Gasteiger partial charge in [-0.05, 0) is 19.8 Å². The number of amides is 1. The van der Waals surface area contributed by atoms with Gasteiger partial charge >= 0.3 is 0 Å². The molecule has 0 aromatic carbocycles. The van der Waals surface area contributed by atoms with Crippen LogP contribution in [0.3, 0.4) is 0 Å². The van der Waals surface area contributed by atoms with Gasteiger partial charge in [0, 0.05) is 11.8 Å². The van der Waals surface area contributed by atoms with Crippen LogP contribution in [0.1, 0.15) is 33.6 Å². The van der Waals surface area contributed by atoms with E-state index in [4.69, 9.17) is 5.11 Å². The predicted octanol–water partition coefficient (Wildman–Crippen LogP) is 1.41. The summed E-state index contributed by atoms with van der Waals surface area (Å²) < 4.78 is 0. The monoisotopic (exact) mass is 219 g/mol. The van der Waals surface area contributed by atoms with E-state index in [0.29, 0.717) is 11.8 Å². The molecular formula is C10H21NO2S. The number of aliphatic hydroxyl groups excluding tert-OH is 1. The standard InChI is InChI=1S/C10H21NO2S/c1-4-9(5-2)11-10(13)8(3)14-7-6-12/h8-9,12H,4-7H2,1-3H3,(H,11,13). The number of rotatable bonds is 7. The molecule has 1 atom stereocenters. The second-order valence-electron chi connectivity index (χ2n) is 3.26. The Balaban J connectivity index is 3.81. The lowest BCUT2D eigenvalue weighted by Crippen LogP contribution is -2.38. The molecule has 1 unspecified atom stereocenters. The summed E-state index contributed by atoms with van der Waals surface area (Å²) in [5.74, 6) is 0.703. The summed E-state index contributed by atoms with van der Waals surface area (Å²) >= 11 is 1.49. The minimum Gasteiger partial charge on any atom is -0.396 e. The number of thioether (sulfide) groups is 1. The average Bonchev–Trinajstić information content (AvgIpc) is 2.21. The fourth-order valence-corrected chi connectivity index (χ4v) is 1.79. The molecule has 0 aromatic rings. The highest BCUT2D eigenvalue weighted by molar-refractivity contribution is 8.00. The fraction of sp³-hybridized carbons (Fsp3) is 0.900. The minimum atomic E-state index is -0.0669. The lowest BCUT2D eigenvalue weighted by atomic mass is 10.2. The third kappa shape index (κ3) is 5.50. The first-order valence-electron chi connectivity index (χ1n) is 5.18. The lowest BCUT2D eigenvalue weighted by molar-refractivity contribution is -0.121. The lowest BCUT2D eigenvalue weighted by Gasteiger charge is -2.17. The number of hydrogen-bond donors (Lipinski definition) is 2. The zero-order chi connectivity index (χ0) is 11.0. The van der Waals surface area contributed by atoms with Crippen molar-refractivity contribution in [2.75, 3.05) is 12.4 Å². The summed E-state index contributed by atoms with van der Waals surface area (Å²) in [6.07, 6.45) is 1.94. The first-order chi connectivity index (χ1) is 6.65. The first kappa shape index (κ1) is 13.8. The Kier molecular flexibility index (Phi) is 7.99. The molecule has 4 heteroatoms. The van der Waals surface area contributed by atoms with Gasteiger partial charge in [-0.3, -0.25) is 4.79 Å². The number of carbonyl (C=O) groups is 1. The van der Waals surface area contributed by atoms with Crippen molar-refractivity contribution in [3.8, 4) is 0 Å². The van der Waals surface area contributed by atoms with Crippen molar-refractivity contribution in [3.05, 3.63) is 0 Å². The summed E-state index contributed by atoms with van der Waals surface area (Å²) in [4.78, 5) is 11.6. The van der Waals surface area contributed by atoms with Crippen LogP contribution in [0, 0.1) is 0 Å². The van der Waals surface area contributed by atoms with Crippen molar-refractivity contribution in [1.82, 2.24) is 5.32 Å². The summed E-state index contributed by atoms with van der Waals surface area (Å²) in [5, 5.41) is 11.5. The molecule has 0 bridgehead atoms. The highest BCUT2D eigenvalue weighted by atomic mass is 32.2. The molecule has 0 heterocycles. The highest BCUT2D eigenvalue weighted by Gasteiger charge is 2.15. The molecule has 0 saturated carbocycles. The Bertz CT molecular complexity index is 160. The molecule has 0 aromatic heterocycles. The summed E-state index contributed by atoms with van der Waals surface area (Å²) in [6, 6.07) is 0.291. The Labute approximate surface area is 90.7 Å². The molecule has 1 amide bonds. The maximum absolute atomic E-state index is 11.6. The van der Waals surface area contributed by atoms with E-state index in [1.807, 2.05) is 6.92 Å². The predicted molar refractivity (Wildman–Crippen MR) is 61.5 cm³/mol. The van der Waals surface area contributed by atoms with Gasteiger partial charge in [0.25, 0.3) is 0 Å². The van der Waals surface area contributed by atoms with E-state index in [1.165, 1.54) is 11.8 Å². The second-order valence-corrected chi connectivity index (χ2v) is 4.71. The van der Waals surface area contributed by atoms with Gasteiger partial charge < -0.3 is 10.4 Å². The van der Waals surface area contributed by atoms with E-state index in [-0.39, 0.29) is 17.8 Å². The summed E-state index contributed by atoms with van der Waals surface area (Å²) in [6.45, 7) is 6.14. The van der Waals surface area contributed by atoms with Crippen molar-refractivity contribution >= 4 is 17.7 Å². The van der Waals surface area contributed by atoms with E-state index in [0.717, 1.165) is 12.8 Å². The topological polar surface area (TPSA) is 49.3 Å². The third-order valence-electron chi connectivity index (χ3n) is 2.16. The van der Waals surface area contributed by atoms with E-state index in [2.05, 4.69) is 19.2 Å². The quantitative estimate of drug-likeness (QED) is 0.680. The van der Waals surface area contributed by atoms with Gasteiger partial charge in [0.15, 0.2) is 0 Å². The van der Waals surface area contributed by atoms with Gasteiger partial charge in [0.2, 0.25) is 5.91 Å². The van der Waals surface area contributed by atoms with Crippen LogP contribution >= 0.6 is 11.8 Å². The minimum absolute atomic E-state index is 0.0669. The van der Waals surface area contributed by atoms with Gasteiger partial charge in [0.1, 0.15) is 0 Å². The normalized spacial score (nSPS) is 12.9. The largest absolute Gasteiger partial charge is 0.396 e. The Hall–Kier alpha value is -0.220. The molecule has 0 fully saturated rings. The van der Waals surface area contributed by atoms with Crippen molar-refractivity contribution in [3.63, 3.8) is 0 Å². The second kappa shape index (κ2) is 8.12. The zero-order valence-electron chi connectivity index (χ0n) is 9.25. The van der Waals surface area contributed by atoms with Crippen molar-refractivity contribution < 1.29 is 9.90 Å². The smallest absolute Gasteiger partial charge is 0.233 e. The Morgan fingerprint density at radius 3 is 2.43 bits per heavy atom. The van der Waals surface area contributed by atoms with Crippen molar-refractivity contribution in [2.45, 2.75) is 44.9 Å². The zero-order valence-corrected chi connectivity index (χ0v) is 10.1. The summed E-state index contributed by atoms with van der Waals surface area (Å²) in [5.41, 5.74) is 0. The van der Waals surface area contributed by atoms with Crippen LogP contribution in [-0.2, 0) is 4.79 Å². The van der Waals surface area contributed by atoms with Gasteiger partial charge in [0.05, 0.1) is 11.9 Å². The van der Waals surface area contributed by atoms with Crippen LogP contribution in [0.5, 0.6) is 0 Å². The van der Waals surface area contributed by atoms with Crippen LogP contribution in [0.25, 0.3) is 0 Å².